The second-order valence-corrected chi connectivity index (χ2v) is 4.74. The van der Waals surface area contributed by atoms with Crippen LogP contribution in [0, 0.1) is 11.3 Å². The maximum atomic E-state index is 12.0. The van der Waals surface area contributed by atoms with Gasteiger partial charge in [-0.05, 0) is 31.6 Å². The summed E-state index contributed by atoms with van der Waals surface area (Å²) in [7, 11) is 0. The first kappa shape index (κ1) is 7.80. The highest BCUT2D eigenvalue weighted by atomic mass is 16.3. The highest BCUT2D eigenvalue weighted by molar-refractivity contribution is 5.90. The first-order valence-electron chi connectivity index (χ1n) is 5.20. The van der Waals surface area contributed by atoms with Crippen LogP contribution in [-0.4, -0.2) is 35.1 Å². The molecule has 1 atom stereocenters. The topological polar surface area (TPSA) is 40.5 Å². The number of carbonyl (C=O) groups excluding carboxylic acids is 1. The molecule has 0 aromatic carbocycles. The zero-order valence-electron chi connectivity index (χ0n) is 7.70. The maximum absolute atomic E-state index is 12.0. The largest absolute Gasteiger partial charge is 0.394 e. The molecule has 0 bridgehead atoms. The Kier molecular flexibility index (Phi) is 1.36. The molecule has 1 aliphatic heterocycles. The quantitative estimate of drug-likeness (QED) is 0.669. The molecule has 0 unspecified atom stereocenters. The third-order valence-corrected chi connectivity index (χ3v) is 3.96. The normalized spacial score (nSPS) is 46.1. The molecule has 1 saturated heterocycles. The highest BCUT2D eigenvalue weighted by Gasteiger charge is 2.75. The van der Waals surface area contributed by atoms with Gasteiger partial charge in [0.05, 0.1) is 18.1 Å². The molecule has 0 spiro atoms. The van der Waals surface area contributed by atoms with Gasteiger partial charge < -0.3 is 10.0 Å². The molecule has 3 rings (SSSR count). The summed E-state index contributed by atoms with van der Waals surface area (Å²) in [6, 6.07) is 0.128. The molecule has 0 radical (unpaired) electrons. The van der Waals surface area contributed by atoms with Gasteiger partial charge in [0.1, 0.15) is 0 Å². The number of fused-ring (bicyclic) bond motifs is 1. The standard InChI is InChI=1S/C10H15NO2/c12-6-8-2-1-3-11(8)9(13)10-4-7(10)5-10/h7-8,12H,1-6H2/t7?,8-,10?/m0/s1. The fraction of sp³-hybridized carbons (Fsp3) is 0.900. The van der Waals surface area contributed by atoms with Crippen molar-refractivity contribution in [3.8, 4) is 0 Å². The Morgan fingerprint density at radius 2 is 2.23 bits per heavy atom. The molecule has 3 fully saturated rings. The Balaban J connectivity index is 1.73. The van der Waals surface area contributed by atoms with Crippen molar-refractivity contribution in [2.75, 3.05) is 13.2 Å². The monoisotopic (exact) mass is 181 g/mol. The van der Waals surface area contributed by atoms with Crippen molar-refractivity contribution in [1.82, 2.24) is 4.90 Å². The molecule has 2 aliphatic carbocycles. The first-order valence-corrected chi connectivity index (χ1v) is 5.20. The Bertz CT molecular complexity index is 258. The summed E-state index contributed by atoms with van der Waals surface area (Å²) in [6.07, 6.45) is 4.31. The predicted molar refractivity (Wildman–Crippen MR) is 47.0 cm³/mol. The molecule has 0 aromatic rings. The number of hydrogen-bond donors (Lipinski definition) is 1. The zero-order chi connectivity index (χ0) is 9.05. The van der Waals surface area contributed by atoms with E-state index < -0.39 is 0 Å². The fourth-order valence-corrected chi connectivity index (χ4v) is 2.63. The van der Waals surface area contributed by atoms with Crippen LogP contribution in [0.2, 0.25) is 0 Å². The average Bonchev–Trinajstić information content (AvgIpc) is 2.90. The van der Waals surface area contributed by atoms with Gasteiger partial charge in [0.2, 0.25) is 5.91 Å². The van der Waals surface area contributed by atoms with Gasteiger partial charge >= 0.3 is 0 Å². The van der Waals surface area contributed by atoms with Gasteiger partial charge in [-0.25, -0.2) is 0 Å². The third kappa shape index (κ3) is 0.909. The molecule has 3 aliphatic rings. The van der Waals surface area contributed by atoms with Crippen molar-refractivity contribution in [3.63, 3.8) is 0 Å². The number of aliphatic hydroxyl groups is 1. The molecule has 3 nitrogen and oxygen atoms in total. The third-order valence-electron chi connectivity index (χ3n) is 3.96. The highest BCUT2D eigenvalue weighted by Crippen LogP contribution is 2.76. The van der Waals surface area contributed by atoms with Gasteiger partial charge in [-0.3, -0.25) is 4.79 Å². The predicted octanol–water partition coefficient (Wildman–Crippen LogP) is 0.380. The van der Waals surface area contributed by atoms with E-state index in [4.69, 9.17) is 5.11 Å². The minimum atomic E-state index is 0.0950. The van der Waals surface area contributed by atoms with E-state index in [0.29, 0.717) is 5.91 Å². The Morgan fingerprint density at radius 3 is 2.77 bits per heavy atom. The summed E-state index contributed by atoms with van der Waals surface area (Å²) in [5.41, 5.74) is 0.0950. The summed E-state index contributed by atoms with van der Waals surface area (Å²) in [6.45, 7) is 1.02. The SMILES string of the molecule is O=C(N1CCC[C@H]1CO)C12CC1C2. The van der Waals surface area contributed by atoms with E-state index in [1.165, 1.54) is 0 Å². The minimum absolute atomic E-state index is 0.0950. The number of carbonyl (C=O) groups is 1. The van der Waals surface area contributed by atoms with Crippen LogP contribution in [0.4, 0.5) is 0 Å². The van der Waals surface area contributed by atoms with Gasteiger partial charge in [0.15, 0.2) is 0 Å². The number of likely N-dealkylation sites (tertiary alicyclic amines) is 1. The van der Waals surface area contributed by atoms with Crippen LogP contribution in [-0.2, 0) is 4.79 Å². The molecule has 2 saturated carbocycles. The maximum Gasteiger partial charge on any atom is 0.229 e. The number of rotatable bonds is 2. The lowest BCUT2D eigenvalue weighted by Gasteiger charge is -2.24. The van der Waals surface area contributed by atoms with Gasteiger partial charge in [0.25, 0.3) is 0 Å². The van der Waals surface area contributed by atoms with Crippen LogP contribution in [0.25, 0.3) is 0 Å². The summed E-state index contributed by atoms with van der Waals surface area (Å²) in [5.74, 6) is 1.06. The van der Waals surface area contributed by atoms with Crippen LogP contribution in [0.3, 0.4) is 0 Å². The van der Waals surface area contributed by atoms with Crippen molar-refractivity contribution in [2.24, 2.45) is 11.3 Å². The van der Waals surface area contributed by atoms with Crippen LogP contribution in [0.1, 0.15) is 25.7 Å². The van der Waals surface area contributed by atoms with E-state index in [1.54, 1.807) is 0 Å². The molecule has 13 heavy (non-hydrogen) atoms. The molecule has 3 heteroatoms. The molecular formula is C10H15NO2. The molecule has 0 aromatic heterocycles. The second-order valence-electron chi connectivity index (χ2n) is 4.74. The van der Waals surface area contributed by atoms with Gasteiger partial charge in [0, 0.05) is 6.54 Å². The number of aliphatic hydroxyl groups excluding tert-OH is 1. The Hall–Kier alpha value is -0.570. The van der Waals surface area contributed by atoms with Gasteiger partial charge in [-0.2, -0.15) is 0 Å². The van der Waals surface area contributed by atoms with Crippen molar-refractivity contribution < 1.29 is 9.90 Å². The molecular weight excluding hydrogens is 166 g/mol. The lowest BCUT2D eigenvalue weighted by molar-refractivity contribution is -0.136. The van der Waals surface area contributed by atoms with E-state index in [9.17, 15) is 4.79 Å². The van der Waals surface area contributed by atoms with Crippen LogP contribution in [0.15, 0.2) is 0 Å². The minimum Gasteiger partial charge on any atom is -0.394 e. The van der Waals surface area contributed by atoms with Crippen LogP contribution >= 0.6 is 0 Å². The summed E-state index contributed by atoms with van der Waals surface area (Å²) in [5, 5.41) is 9.09. The van der Waals surface area contributed by atoms with E-state index in [-0.39, 0.29) is 18.1 Å². The van der Waals surface area contributed by atoms with Crippen LogP contribution < -0.4 is 0 Å². The average molecular weight is 181 g/mol. The van der Waals surface area contributed by atoms with E-state index in [1.807, 2.05) is 4.90 Å². The van der Waals surface area contributed by atoms with E-state index in [2.05, 4.69) is 0 Å². The van der Waals surface area contributed by atoms with Gasteiger partial charge in [-0.15, -0.1) is 0 Å². The lowest BCUT2D eigenvalue weighted by atomic mass is 10.1. The number of nitrogens with zero attached hydrogens (tertiary/aromatic N) is 1. The summed E-state index contributed by atoms with van der Waals surface area (Å²) < 4.78 is 0. The number of hydrogen-bond acceptors (Lipinski definition) is 2. The van der Waals surface area contributed by atoms with Crippen molar-refractivity contribution in [1.29, 1.82) is 0 Å². The van der Waals surface area contributed by atoms with Gasteiger partial charge in [-0.1, -0.05) is 0 Å². The van der Waals surface area contributed by atoms with Crippen molar-refractivity contribution in [2.45, 2.75) is 31.7 Å². The lowest BCUT2D eigenvalue weighted by Crippen LogP contribution is -2.40. The summed E-state index contributed by atoms with van der Waals surface area (Å²) in [4.78, 5) is 13.9. The molecule has 1 amide bonds. The van der Waals surface area contributed by atoms with E-state index in [0.717, 1.165) is 38.1 Å². The zero-order valence-corrected chi connectivity index (χ0v) is 7.70. The van der Waals surface area contributed by atoms with Crippen molar-refractivity contribution in [3.05, 3.63) is 0 Å². The van der Waals surface area contributed by atoms with Crippen LogP contribution in [0.5, 0.6) is 0 Å². The van der Waals surface area contributed by atoms with E-state index >= 15 is 0 Å². The number of amides is 1. The Morgan fingerprint density at radius 1 is 1.54 bits per heavy atom. The molecule has 1 N–H and O–H groups in total. The Labute approximate surface area is 77.7 Å². The summed E-state index contributed by atoms with van der Waals surface area (Å²) >= 11 is 0. The fourth-order valence-electron chi connectivity index (χ4n) is 2.63. The molecule has 1 heterocycles. The van der Waals surface area contributed by atoms with Crippen molar-refractivity contribution >= 4 is 5.91 Å². The smallest absolute Gasteiger partial charge is 0.229 e. The molecule has 72 valence electrons. The second kappa shape index (κ2) is 2.27. The first-order chi connectivity index (χ1) is 6.28.